The second kappa shape index (κ2) is 12.0. The third kappa shape index (κ3) is 5.97. The van der Waals surface area contributed by atoms with Crippen LogP contribution < -0.4 is 18.7 Å². The van der Waals surface area contributed by atoms with Crippen LogP contribution in [-0.4, -0.2) is 65.7 Å². The van der Waals surface area contributed by atoms with Gasteiger partial charge in [0.05, 0.1) is 26.5 Å². The molecule has 0 bridgehead atoms. The highest BCUT2D eigenvalue weighted by Gasteiger charge is 2.44. The number of likely N-dealkylation sites (tertiary alicyclic amines) is 1. The standard InChI is InChI=1S/C30H34ClF3N4O4S/c1-30(20-10-12-36(2)17-20)11-13-37(18-30)23-15-22(32)29(28(34)27(23)31)43(39,40)38(26-7-5-6-25(33)35-26)16-19-8-9-21(41-3)14-24(19)42-4/h5-9,14-15,20H,10-13,16-18H2,1-4H3. The molecule has 13 heteroatoms. The fourth-order valence-electron chi connectivity index (χ4n) is 6.13. The van der Waals surface area contributed by atoms with Gasteiger partial charge in [-0.3, -0.25) is 0 Å². The molecular weight excluding hydrogens is 605 g/mol. The van der Waals surface area contributed by atoms with Crippen molar-refractivity contribution in [1.82, 2.24) is 9.88 Å². The molecule has 2 aromatic carbocycles. The molecule has 2 saturated heterocycles. The van der Waals surface area contributed by atoms with Crippen molar-refractivity contribution < 1.29 is 31.1 Å². The van der Waals surface area contributed by atoms with Gasteiger partial charge in [-0.25, -0.2) is 26.5 Å². The van der Waals surface area contributed by atoms with Gasteiger partial charge in [0.15, 0.2) is 10.7 Å². The van der Waals surface area contributed by atoms with E-state index in [-0.39, 0.29) is 22.7 Å². The molecule has 0 spiro atoms. The zero-order valence-corrected chi connectivity index (χ0v) is 26.0. The molecular formula is C30H34ClF3N4O4S. The first-order valence-corrected chi connectivity index (χ1v) is 15.7. The van der Waals surface area contributed by atoms with Gasteiger partial charge in [0.25, 0.3) is 10.0 Å². The first kappa shape index (κ1) is 31.2. The van der Waals surface area contributed by atoms with E-state index >= 15 is 8.78 Å². The van der Waals surface area contributed by atoms with E-state index in [0.717, 1.165) is 38.1 Å². The number of rotatable bonds is 9. The summed E-state index contributed by atoms with van der Waals surface area (Å²) in [6.45, 7) is 4.69. The third-order valence-electron chi connectivity index (χ3n) is 8.63. The van der Waals surface area contributed by atoms with Crippen molar-refractivity contribution in [2.24, 2.45) is 11.3 Å². The fourth-order valence-corrected chi connectivity index (χ4v) is 7.97. The lowest BCUT2D eigenvalue weighted by atomic mass is 9.76. The molecule has 2 fully saturated rings. The van der Waals surface area contributed by atoms with Gasteiger partial charge in [-0.05, 0) is 62.0 Å². The van der Waals surface area contributed by atoms with Crippen LogP contribution in [0.1, 0.15) is 25.3 Å². The van der Waals surface area contributed by atoms with Crippen molar-refractivity contribution in [1.29, 1.82) is 0 Å². The minimum atomic E-state index is -5.02. The average Bonchev–Trinajstić information content (AvgIpc) is 3.60. The topological polar surface area (TPSA) is 75.2 Å². The number of halogens is 4. The minimum absolute atomic E-state index is 0.0803. The largest absolute Gasteiger partial charge is 0.497 e. The van der Waals surface area contributed by atoms with E-state index in [0.29, 0.717) is 34.6 Å². The summed E-state index contributed by atoms with van der Waals surface area (Å²) < 4.78 is 85.4. The Hall–Kier alpha value is -3.22. The molecule has 0 N–H and O–H groups in total. The van der Waals surface area contributed by atoms with Crippen LogP contribution in [0.25, 0.3) is 0 Å². The van der Waals surface area contributed by atoms with E-state index in [1.165, 1.54) is 38.5 Å². The van der Waals surface area contributed by atoms with E-state index in [9.17, 15) is 12.8 Å². The molecule has 8 nitrogen and oxygen atoms in total. The Balaban J connectivity index is 1.54. The zero-order valence-electron chi connectivity index (χ0n) is 24.4. The summed E-state index contributed by atoms with van der Waals surface area (Å²) in [5, 5.41) is -0.498. The smallest absolute Gasteiger partial charge is 0.271 e. The van der Waals surface area contributed by atoms with Crippen LogP contribution in [0, 0.1) is 28.9 Å². The van der Waals surface area contributed by atoms with Gasteiger partial charge in [-0.2, -0.15) is 4.39 Å². The molecule has 0 aliphatic carbocycles. The summed E-state index contributed by atoms with van der Waals surface area (Å²) in [6.07, 6.45) is 1.85. The number of aromatic nitrogens is 1. The van der Waals surface area contributed by atoms with Gasteiger partial charge >= 0.3 is 0 Å². The molecule has 5 rings (SSSR count). The van der Waals surface area contributed by atoms with Gasteiger partial charge in [0.2, 0.25) is 5.95 Å². The van der Waals surface area contributed by atoms with Gasteiger partial charge in [0, 0.05) is 37.3 Å². The number of ether oxygens (including phenoxy) is 2. The van der Waals surface area contributed by atoms with Crippen molar-refractivity contribution in [2.45, 2.75) is 31.2 Å². The Morgan fingerprint density at radius 3 is 2.53 bits per heavy atom. The van der Waals surface area contributed by atoms with Crippen molar-refractivity contribution in [2.75, 3.05) is 56.7 Å². The van der Waals surface area contributed by atoms with Gasteiger partial charge in [-0.15, -0.1) is 0 Å². The monoisotopic (exact) mass is 638 g/mol. The van der Waals surface area contributed by atoms with Crippen LogP contribution in [0.4, 0.5) is 24.7 Å². The predicted molar refractivity (Wildman–Crippen MR) is 159 cm³/mol. The summed E-state index contributed by atoms with van der Waals surface area (Å²) in [5.74, 6) is -2.97. The number of pyridine rings is 1. The van der Waals surface area contributed by atoms with Crippen LogP contribution in [0.5, 0.6) is 11.5 Å². The normalized spacial score (nSPS) is 20.9. The Kier molecular flexibility index (Phi) is 8.75. The molecule has 0 amide bonds. The Morgan fingerprint density at radius 2 is 1.88 bits per heavy atom. The molecule has 2 unspecified atom stereocenters. The number of sulfonamides is 1. The lowest BCUT2D eigenvalue weighted by Gasteiger charge is -2.32. The molecule has 2 aliphatic rings. The fraction of sp³-hybridized carbons (Fsp3) is 0.433. The van der Waals surface area contributed by atoms with Gasteiger partial charge in [0.1, 0.15) is 28.2 Å². The maximum atomic E-state index is 16.0. The van der Waals surface area contributed by atoms with E-state index in [1.807, 2.05) is 4.90 Å². The van der Waals surface area contributed by atoms with Crippen molar-refractivity contribution >= 4 is 33.1 Å². The number of hydrogen-bond donors (Lipinski definition) is 0. The number of nitrogens with zero attached hydrogens (tertiary/aromatic N) is 4. The van der Waals surface area contributed by atoms with Gasteiger partial charge in [-0.1, -0.05) is 24.6 Å². The molecule has 0 radical (unpaired) electrons. The third-order valence-corrected chi connectivity index (χ3v) is 10.8. The maximum Gasteiger partial charge on any atom is 0.271 e. The minimum Gasteiger partial charge on any atom is -0.497 e. The Morgan fingerprint density at radius 1 is 1.12 bits per heavy atom. The van der Waals surface area contributed by atoms with Crippen LogP contribution in [0.15, 0.2) is 47.4 Å². The number of benzene rings is 2. The Bertz CT molecular complexity index is 1630. The average molecular weight is 639 g/mol. The molecule has 232 valence electrons. The van der Waals surface area contributed by atoms with Crippen molar-refractivity contribution in [3.8, 4) is 11.5 Å². The quantitative estimate of drug-likeness (QED) is 0.219. The van der Waals surface area contributed by atoms with Gasteiger partial charge < -0.3 is 19.3 Å². The lowest BCUT2D eigenvalue weighted by molar-refractivity contribution is 0.217. The van der Waals surface area contributed by atoms with Crippen LogP contribution >= 0.6 is 11.6 Å². The SMILES string of the molecule is COc1ccc(CN(c2cccc(F)n2)S(=O)(=O)c2c(F)cc(N3CCC(C)(C4CCN(C)C4)C3)c(Cl)c2F)c(OC)c1. The zero-order chi connectivity index (χ0) is 31.1. The number of methoxy groups -OCH3 is 2. The van der Waals surface area contributed by atoms with Crippen LogP contribution in [0.2, 0.25) is 5.02 Å². The molecule has 2 atom stereocenters. The highest BCUT2D eigenvalue weighted by molar-refractivity contribution is 7.92. The van der Waals surface area contributed by atoms with Crippen LogP contribution in [-0.2, 0) is 16.6 Å². The maximum absolute atomic E-state index is 16.0. The molecule has 43 heavy (non-hydrogen) atoms. The first-order valence-electron chi connectivity index (χ1n) is 13.8. The summed E-state index contributed by atoms with van der Waals surface area (Å²) in [6, 6.07) is 9.11. The van der Waals surface area contributed by atoms with E-state index in [1.54, 1.807) is 6.07 Å². The van der Waals surface area contributed by atoms with E-state index in [2.05, 4.69) is 23.9 Å². The lowest BCUT2D eigenvalue weighted by Crippen LogP contribution is -2.34. The second-order valence-corrected chi connectivity index (χ2v) is 13.6. The highest BCUT2D eigenvalue weighted by Crippen LogP contribution is 2.46. The van der Waals surface area contributed by atoms with E-state index in [4.69, 9.17) is 21.1 Å². The molecule has 3 aromatic rings. The molecule has 2 aliphatic heterocycles. The molecule has 0 saturated carbocycles. The predicted octanol–water partition coefficient (Wildman–Crippen LogP) is 5.73. The summed E-state index contributed by atoms with van der Waals surface area (Å²) in [7, 11) is -0.110. The summed E-state index contributed by atoms with van der Waals surface area (Å²) in [5.41, 5.74) is 0.330. The van der Waals surface area contributed by atoms with E-state index < -0.39 is 44.1 Å². The van der Waals surface area contributed by atoms with Crippen LogP contribution in [0.3, 0.4) is 0 Å². The number of anilines is 2. The summed E-state index contributed by atoms with van der Waals surface area (Å²) >= 11 is 6.47. The second-order valence-electron chi connectivity index (χ2n) is 11.4. The highest BCUT2D eigenvalue weighted by atomic mass is 35.5. The first-order chi connectivity index (χ1) is 20.4. The number of hydrogen-bond acceptors (Lipinski definition) is 7. The van der Waals surface area contributed by atoms with Crippen molar-refractivity contribution in [3.05, 3.63) is 70.6 Å². The summed E-state index contributed by atoms with van der Waals surface area (Å²) in [4.78, 5) is 6.53. The molecule has 3 heterocycles. The Labute approximate surface area is 255 Å². The molecule has 1 aromatic heterocycles. The van der Waals surface area contributed by atoms with Crippen molar-refractivity contribution in [3.63, 3.8) is 0 Å².